The number of alkyl halides is 3. The Morgan fingerprint density at radius 2 is 1.61 bits per heavy atom. The minimum atomic E-state index is -4.52. The molecule has 2 rings (SSSR count). The van der Waals surface area contributed by atoms with Crippen molar-refractivity contribution in [1.29, 1.82) is 0 Å². The Kier molecular flexibility index (Phi) is 6.97. The maximum atomic E-state index is 13.0. The molecule has 0 heterocycles. The number of hydrogen-bond acceptors (Lipinski definition) is 5. The molecule has 0 radical (unpaired) electrons. The molecular weight excluding hydrogens is 377 g/mol. The Morgan fingerprint density at radius 1 is 1.00 bits per heavy atom. The molecule has 28 heavy (non-hydrogen) atoms. The Morgan fingerprint density at radius 3 is 2.14 bits per heavy atom. The molecule has 0 fully saturated rings. The third kappa shape index (κ3) is 5.21. The normalized spacial score (nSPS) is 10.9. The zero-order valence-electron chi connectivity index (χ0n) is 15.6. The molecule has 0 unspecified atom stereocenters. The zero-order valence-corrected chi connectivity index (χ0v) is 15.6. The maximum Gasteiger partial charge on any atom is 0.418 e. The summed E-state index contributed by atoms with van der Waals surface area (Å²) in [5.41, 5.74) is 4.28. The Hall–Kier alpha value is -3.10. The van der Waals surface area contributed by atoms with E-state index in [1.54, 1.807) is 12.1 Å². The first-order chi connectivity index (χ1) is 13.3. The first-order valence-corrected chi connectivity index (χ1v) is 8.30. The van der Waals surface area contributed by atoms with Crippen LogP contribution in [0, 0.1) is 0 Å². The van der Waals surface area contributed by atoms with Crippen LogP contribution in [-0.4, -0.2) is 27.2 Å². The van der Waals surface area contributed by atoms with Crippen molar-refractivity contribution in [2.45, 2.75) is 19.0 Å². The molecule has 0 spiro atoms. The molecule has 2 aromatic rings. The monoisotopic (exact) mass is 398 g/mol. The van der Waals surface area contributed by atoms with E-state index in [4.69, 9.17) is 14.2 Å². The van der Waals surface area contributed by atoms with E-state index in [1.807, 2.05) is 0 Å². The standard InChI is InChI=1S/C19H21F3N2O4/c1-26-15-10-12(11-16(27-2)18(15)28-3)8-9-17(25)24-23-14-7-5-4-6-13(14)19(20,21)22/h4-7,10-11,23H,8-9H2,1-3H3,(H,24,25). The number of para-hydroxylation sites is 1. The molecule has 152 valence electrons. The summed E-state index contributed by atoms with van der Waals surface area (Å²) < 4.78 is 54.6. The molecule has 9 heteroatoms. The van der Waals surface area contributed by atoms with Crippen molar-refractivity contribution in [3.63, 3.8) is 0 Å². The topological polar surface area (TPSA) is 68.8 Å². The summed E-state index contributed by atoms with van der Waals surface area (Å²) in [7, 11) is 4.45. The van der Waals surface area contributed by atoms with Gasteiger partial charge >= 0.3 is 6.18 Å². The van der Waals surface area contributed by atoms with Gasteiger partial charge in [-0.15, -0.1) is 0 Å². The van der Waals surface area contributed by atoms with E-state index < -0.39 is 17.6 Å². The van der Waals surface area contributed by atoms with Crippen LogP contribution in [-0.2, 0) is 17.4 Å². The molecule has 0 aliphatic heterocycles. The molecule has 0 aromatic heterocycles. The van der Waals surface area contributed by atoms with Gasteiger partial charge in [-0.2, -0.15) is 13.2 Å². The number of methoxy groups -OCH3 is 3. The number of carbonyl (C=O) groups is 1. The van der Waals surface area contributed by atoms with Crippen LogP contribution in [0.3, 0.4) is 0 Å². The summed E-state index contributed by atoms with van der Waals surface area (Å²) in [6.07, 6.45) is -4.16. The van der Waals surface area contributed by atoms with Gasteiger partial charge in [0.1, 0.15) is 0 Å². The lowest BCUT2D eigenvalue weighted by molar-refractivity contribution is -0.137. The Labute approximate surface area is 160 Å². The van der Waals surface area contributed by atoms with E-state index in [0.717, 1.165) is 11.6 Å². The van der Waals surface area contributed by atoms with Gasteiger partial charge in [0, 0.05) is 6.42 Å². The number of ether oxygens (including phenoxy) is 3. The quantitative estimate of drug-likeness (QED) is 0.662. The molecule has 0 aliphatic rings. The summed E-state index contributed by atoms with van der Waals surface area (Å²) in [6.45, 7) is 0. The van der Waals surface area contributed by atoms with E-state index in [2.05, 4.69) is 10.9 Å². The fourth-order valence-electron chi connectivity index (χ4n) is 2.58. The average Bonchev–Trinajstić information content (AvgIpc) is 2.69. The van der Waals surface area contributed by atoms with Gasteiger partial charge in [0.05, 0.1) is 32.6 Å². The molecule has 2 aromatic carbocycles. The lowest BCUT2D eigenvalue weighted by Crippen LogP contribution is -2.30. The zero-order chi connectivity index (χ0) is 20.7. The molecule has 1 amide bonds. The minimum absolute atomic E-state index is 0.0415. The third-order valence-electron chi connectivity index (χ3n) is 3.93. The van der Waals surface area contributed by atoms with Gasteiger partial charge in [-0.3, -0.25) is 15.6 Å². The van der Waals surface area contributed by atoms with Crippen LogP contribution in [0.4, 0.5) is 18.9 Å². The van der Waals surface area contributed by atoms with Crippen LogP contribution in [0.1, 0.15) is 17.5 Å². The predicted molar refractivity (Wildman–Crippen MR) is 97.6 cm³/mol. The number of hydrogen-bond donors (Lipinski definition) is 2. The van der Waals surface area contributed by atoms with Crippen LogP contribution in [0.15, 0.2) is 36.4 Å². The summed E-state index contributed by atoms with van der Waals surface area (Å²) in [6, 6.07) is 8.31. The highest BCUT2D eigenvalue weighted by Gasteiger charge is 2.33. The van der Waals surface area contributed by atoms with Crippen LogP contribution in [0.25, 0.3) is 0 Å². The van der Waals surface area contributed by atoms with Crippen molar-refractivity contribution in [2.24, 2.45) is 0 Å². The molecule has 0 atom stereocenters. The SMILES string of the molecule is COc1cc(CCC(=O)NNc2ccccc2C(F)(F)F)cc(OC)c1OC. The van der Waals surface area contributed by atoms with Crippen molar-refractivity contribution in [3.05, 3.63) is 47.5 Å². The lowest BCUT2D eigenvalue weighted by Gasteiger charge is -2.15. The number of halogens is 3. The second-order valence-electron chi connectivity index (χ2n) is 5.75. The van der Waals surface area contributed by atoms with Gasteiger partial charge in [-0.1, -0.05) is 12.1 Å². The fourth-order valence-corrected chi connectivity index (χ4v) is 2.58. The van der Waals surface area contributed by atoms with E-state index in [1.165, 1.54) is 39.5 Å². The Balaban J connectivity index is 2.00. The van der Waals surface area contributed by atoms with Gasteiger partial charge < -0.3 is 14.2 Å². The predicted octanol–water partition coefficient (Wildman–Crippen LogP) is 3.81. The molecule has 0 bridgehead atoms. The largest absolute Gasteiger partial charge is 0.493 e. The van der Waals surface area contributed by atoms with E-state index in [9.17, 15) is 18.0 Å². The highest BCUT2D eigenvalue weighted by molar-refractivity contribution is 5.78. The highest BCUT2D eigenvalue weighted by Crippen LogP contribution is 2.38. The van der Waals surface area contributed by atoms with Crippen molar-refractivity contribution >= 4 is 11.6 Å². The van der Waals surface area contributed by atoms with Crippen molar-refractivity contribution in [2.75, 3.05) is 26.8 Å². The highest BCUT2D eigenvalue weighted by atomic mass is 19.4. The summed E-state index contributed by atoms with van der Waals surface area (Å²) in [5.74, 6) is 0.873. The number of amides is 1. The van der Waals surface area contributed by atoms with Gasteiger partial charge in [0.25, 0.3) is 0 Å². The number of rotatable bonds is 8. The first kappa shape index (κ1) is 21.2. The molecule has 6 nitrogen and oxygen atoms in total. The number of carbonyl (C=O) groups excluding carboxylic acids is 1. The fraction of sp³-hybridized carbons (Fsp3) is 0.316. The molecule has 0 aliphatic carbocycles. The summed E-state index contributed by atoms with van der Waals surface area (Å²) >= 11 is 0. The number of anilines is 1. The summed E-state index contributed by atoms with van der Waals surface area (Å²) in [5, 5.41) is 0. The van der Waals surface area contributed by atoms with Gasteiger partial charge in [0.15, 0.2) is 11.5 Å². The molecule has 2 N–H and O–H groups in total. The second kappa shape index (κ2) is 9.20. The van der Waals surface area contributed by atoms with Gasteiger partial charge in [-0.05, 0) is 36.2 Å². The van der Waals surface area contributed by atoms with Gasteiger partial charge in [-0.25, -0.2) is 0 Å². The number of hydrazine groups is 1. The van der Waals surface area contributed by atoms with Crippen molar-refractivity contribution < 1.29 is 32.2 Å². The molecular formula is C19H21F3N2O4. The number of aryl methyl sites for hydroxylation is 1. The van der Waals surface area contributed by atoms with E-state index in [0.29, 0.717) is 23.7 Å². The molecule has 0 saturated heterocycles. The van der Waals surface area contributed by atoms with Crippen molar-refractivity contribution in [3.8, 4) is 17.2 Å². The van der Waals surface area contributed by atoms with Crippen LogP contribution < -0.4 is 25.1 Å². The lowest BCUT2D eigenvalue weighted by atomic mass is 10.1. The molecule has 0 saturated carbocycles. The van der Waals surface area contributed by atoms with Gasteiger partial charge in [0.2, 0.25) is 11.7 Å². The smallest absolute Gasteiger partial charge is 0.418 e. The summed E-state index contributed by atoms with van der Waals surface area (Å²) in [4.78, 5) is 12.0. The van der Waals surface area contributed by atoms with Crippen molar-refractivity contribution in [1.82, 2.24) is 5.43 Å². The van der Waals surface area contributed by atoms with E-state index >= 15 is 0 Å². The van der Waals surface area contributed by atoms with Crippen LogP contribution >= 0.6 is 0 Å². The maximum absolute atomic E-state index is 13.0. The number of benzene rings is 2. The van der Waals surface area contributed by atoms with Crippen LogP contribution in [0.2, 0.25) is 0 Å². The first-order valence-electron chi connectivity index (χ1n) is 8.30. The average molecular weight is 398 g/mol. The minimum Gasteiger partial charge on any atom is -0.493 e. The number of nitrogens with one attached hydrogen (secondary N) is 2. The van der Waals surface area contributed by atoms with Crippen LogP contribution in [0.5, 0.6) is 17.2 Å². The third-order valence-corrected chi connectivity index (χ3v) is 3.93. The Bertz CT molecular complexity index is 800. The van der Waals surface area contributed by atoms with E-state index in [-0.39, 0.29) is 12.1 Å². The second-order valence-corrected chi connectivity index (χ2v) is 5.75.